The maximum absolute atomic E-state index is 13.7. The van der Waals surface area contributed by atoms with Gasteiger partial charge in [-0.2, -0.15) is 24.9 Å². The Morgan fingerprint density at radius 2 is 1.95 bits per heavy atom. The Morgan fingerprint density at radius 1 is 1.32 bits per heavy atom. The van der Waals surface area contributed by atoms with Crippen LogP contribution >= 0.6 is 11.8 Å². The number of halogens is 4. The second-order valence-corrected chi connectivity index (χ2v) is 6.39. The lowest BCUT2D eigenvalue weighted by Gasteiger charge is -2.16. The van der Waals surface area contributed by atoms with Gasteiger partial charge in [-0.3, -0.25) is 4.79 Å². The summed E-state index contributed by atoms with van der Waals surface area (Å²) in [5.74, 6) is -1.57. The fraction of sp³-hybridized carbons (Fsp3) is 0.500. The number of rotatable bonds is 6. The molecule has 3 nitrogen and oxygen atoms in total. The van der Waals surface area contributed by atoms with Crippen molar-refractivity contribution in [2.45, 2.75) is 25.6 Å². The molecule has 0 aliphatic carbocycles. The Morgan fingerprint density at radius 3 is 2.50 bits per heavy atom. The standard InChI is InChI=1S/C14H17F4NO2S/c1-13(2,21)8-22-7-6-19-12(20)9-4-3-5-10(11(9)15)14(16,17)18/h3-5,21H,6-8H2,1-2H3,(H,19,20). The zero-order valence-corrected chi connectivity index (χ0v) is 12.9. The van der Waals surface area contributed by atoms with Crippen molar-refractivity contribution in [2.24, 2.45) is 0 Å². The Balaban J connectivity index is 2.60. The largest absolute Gasteiger partial charge is 0.419 e. The van der Waals surface area contributed by atoms with Crippen LogP contribution in [0.25, 0.3) is 0 Å². The average Bonchev–Trinajstić information content (AvgIpc) is 2.35. The van der Waals surface area contributed by atoms with E-state index in [0.717, 1.165) is 12.1 Å². The number of nitrogens with one attached hydrogen (secondary N) is 1. The van der Waals surface area contributed by atoms with Gasteiger partial charge in [0.15, 0.2) is 0 Å². The second kappa shape index (κ2) is 7.32. The van der Waals surface area contributed by atoms with Crippen LogP contribution < -0.4 is 5.32 Å². The zero-order valence-electron chi connectivity index (χ0n) is 12.1. The summed E-state index contributed by atoms with van der Waals surface area (Å²) in [6.07, 6.45) is -4.84. The third-order valence-electron chi connectivity index (χ3n) is 2.54. The Bertz CT molecular complexity index is 527. The summed E-state index contributed by atoms with van der Waals surface area (Å²) in [6, 6.07) is 2.58. The van der Waals surface area contributed by atoms with Crippen molar-refractivity contribution >= 4 is 17.7 Å². The Hall–Kier alpha value is -1.28. The molecule has 1 aromatic carbocycles. The summed E-state index contributed by atoms with van der Waals surface area (Å²) in [5, 5.41) is 11.8. The van der Waals surface area contributed by atoms with Crippen molar-refractivity contribution in [3.05, 3.63) is 35.1 Å². The minimum Gasteiger partial charge on any atom is -0.390 e. The molecule has 0 spiro atoms. The van der Waals surface area contributed by atoms with Gasteiger partial charge >= 0.3 is 6.18 Å². The SMILES string of the molecule is CC(C)(O)CSCCNC(=O)c1cccc(C(F)(F)F)c1F. The molecule has 0 unspecified atom stereocenters. The van der Waals surface area contributed by atoms with Crippen LogP contribution in [-0.4, -0.2) is 34.7 Å². The lowest BCUT2D eigenvalue weighted by atomic mass is 10.1. The first kappa shape index (κ1) is 18.8. The molecule has 0 radical (unpaired) electrons. The van der Waals surface area contributed by atoms with Gasteiger partial charge in [-0.1, -0.05) is 6.07 Å². The van der Waals surface area contributed by atoms with Gasteiger partial charge in [0, 0.05) is 18.1 Å². The van der Waals surface area contributed by atoms with E-state index >= 15 is 0 Å². The van der Waals surface area contributed by atoms with Crippen LogP contribution in [-0.2, 0) is 6.18 Å². The van der Waals surface area contributed by atoms with Gasteiger partial charge in [-0.25, -0.2) is 4.39 Å². The minimum absolute atomic E-state index is 0.162. The van der Waals surface area contributed by atoms with E-state index in [1.165, 1.54) is 11.8 Å². The first-order chi connectivity index (χ1) is 10.0. The first-order valence-corrected chi connectivity index (χ1v) is 7.62. The number of aliphatic hydroxyl groups is 1. The molecule has 0 aromatic heterocycles. The van der Waals surface area contributed by atoms with Crippen LogP contribution in [0.1, 0.15) is 29.8 Å². The molecule has 1 aromatic rings. The Labute approximate surface area is 130 Å². The molecule has 0 heterocycles. The number of carbonyl (C=O) groups is 1. The third kappa shape index (κ3) is 5.84. The van der Waals surface area contributed by atoms with Gasteiger partial charge in [-0.15, -0.1) is 0 Å². The molecule has 0 atom stereocenters. The second-order valence-electron chi connectivity index (χ2n) is 5.29. The molecule has 0 fully saturated rings. The van der Waals surface area contributed by atoms with Crippen molar-refractivity contribution in [2.75, 3.05) is 18.1 Å². The number of hydrogen-bond acceptors (Lipinski definition) is 3. The van der Waals surface area contributed by atoms with E-state index in [1.54, 1.807) is 13.8 Å². The maximum atomic E-state index is 13.7. The average molecular weight is 339 g/mol. The van der Waals surface area contributed by atoms with Gasteiger partial charge < -0.3 is 10.4 Å². The van der Waals surface area contributed by atoms with Crippen molar-refractivity contribution in [1.29, 1.82) is 0 Å². The predicted octanol–water partition coefficient (Wildman–Crippen LogP) is 3.08. The minimum atomic E-state index is -4.84. The van der Waals surface area contributed by atoms with Crippen LogP contribution in [0.4, 0.5) is 17.6 Å². The van der Waals surface area contributed by atoms with Gasteiger partial charge in [0.05, 0.1) is 16.7 Å². The monoisotopic (exact) mass is 339 g/mol. The van der Waals surface area contributed by atoms with E-state index in [-0.39, 0.29) is 6.54 Å². The lowest BCUT2D eigenvalue weighted by Crippen LogP contribution is -2.28. The van der Waals surface area contributed by atoms with E-state index in [4.69, 9.17) is 0 Å². The van der Waals surface area contributed by atoms with Gasteiger partial charge in [-0.05, 0) is 26.0 Å². The van der Waals surface area contributed by atoms with Crippen LogP contribution in [0.3, 0.4) is 0 Å². The molecular weight excluding hydrogens is 322 g/mol. The Kier molecular flexibility index (Phi) is 6.25. The summed E-state index contributed by atoms with van der Waals surface area (Å²) < 4.78 is 51.4. The maximum Gasteiger partial charge on any atom is 0.419 e. The highest BCUT2D eigenvalue weighted by molar-refractivity contribution is 7.99. The predicted molar refractivity (Wildman–Crippen MR) is 77.4 cm³/mol. The molecule has 1 amide bonds. The quantitative estimate of drug-likeness (QED) is 0.619. The molecule has 0 aliphatic rings. The summed E-state index contributed by atoms with van der Waals surface area (Å²) in [4.78, 5) is 11.7. The zero-order chi connectivity index (χ0) is 17.0. The van der Waals surface area contributed by atoms with Gasteiger partial charge in [0.1, 0.15) is 5.82 Å². The first-order valence-electron chi connectivity index (χ1n) is 6.46. The molecule has 0 saturated heterocycles. The van der Waals surface area contributed by atoms with E-state index in [2.05, 4.69) is 5.32 Å². The number of alkyl halides is 3. The smallest absolute Gasteiger partial charge is 0.390 e. The molecule has 22 heavy (non-hydrogen) atoms. The van der Waals surface area contributed by atoms with Crippen LogP contribution in [0.2, 0.25) is 0 Å². The number of hydrogen-bond donors (Lipinski definition) is 2. The summed E-state index contributed by atoms with van der Waals surface area (Å²) in [5.41, 5.74) is -2.94. The van der Waals surface area contributed by atoms with E-state index < -0.39 is 34.6 Å². The van der Waals surface area contributed by atoms with E-state index in [0.29, 0.717) is 17.6 Å². The van der Waals surface area contributed by atoms with Crippen LogP contribution in [0, 0.1) is 5.82 Å². The molecular formula is C14H17F4NO2S. The van der Waals surface area contributed by atoms with Crippen LogP contribution in [0.5, 0.6) is 0 Å². The molecule has 0 bridgehead atoms. The molecule has 2 N–H and O–H groups in total. The van der Waals surface area contributed by atoms with Crippen LogP contribution in [0.15, 0.2) is 18.2 Å². The summed E-state index contributed by atoms with van der Waals surface area (Å²) >= 11 is 1.37. The number of carbonyl (C=O) groups excluding carboxylic acids is 1. The number of amides is 1. The highest BCUT2D eigenvalue weighted by Crippen LogP contribution is 2.32. The normalized spacial score (nSPS) is 12.3. The van der Waals surface area contributed by atoms with Gasteiger partial charge in [0.2, 0.25) is 0 Å². The van der Waals surface area contributed by atoms with Crippen molar-refractivity contribution in [1.82, 2.24) is 5.32 Å². The van der Waals surface area contributed by atoms with Gasteiger partial charge in [0.25, 0.3) is 5.91 Å². The van der Waals surface area contributed by atoms with E-state index in [9.17, 15) is 27.5 Å². The summed E-state index contributed by atoms with van der Waals surface area (Å²) in [7, 11) is 0. The molecule has 1 rings (SSSR count). The molecule has 8 heteroatoms. The molecule has 0 saturated carbocycles. The number of benzene rings is 1. The fourth-order valence-corrected chi connectivity index (χ4v) is 2.47. The molecule has 0 aliphatic heterocycles. The number of thioether (sulfide) groups is 1. The highest BCUT2D eigenvalue weighted by Gasteiger charge is 2.35. The van der Waals surface area contributed by atoms with Crippen molar-refractivity contribution in [3.8, 4) is 0 Å². The van der Waals surface area contributed by atoms with E-state index in [1.807, 2.05) is 0 Å². The highest BCUT2D eigenvalue weighted by atomic mass is 32.2. The third-order valence-corrected chi connectivity index (χ3v) is 3.94. The topological polar surface area (TPSA) is 49.3 Å². The van der Waals surface area contributed by atoms with Crippen molar-refractivity contribution in [3.63, 3.8) is 0 Å². The summed E-state index contributed by atoms with van der Waals surface area (Å²) in [6.45, 7) is 3.43. The molecule has 124 valence electrons. The lowest BCUT2D eigenvalue weighted by molar-refractivity contribution is -0.140. The van der Waals surface area contributed by atoms with Crippen molar-refractivity contribution < 1.29 is 27.5 Å². The fourth-order valence-electron chi connectivity index (χ4n) is 1.58.